The monoisotopic (exact) mass is 415 g/mol. The predicted molar refractivity (Wildman–Crippen MR) is 113 cm³/mol. The molecule has 1 unspecified atom stereocenters. The number of fused-ring (bicyclic) bond motifs is 1. The van der Waals surface area contributed by atoms with E-state index in [-0.39, 0.29) is 11.3 Å². The van der Waals surface area contributed by atoms with Gasteiger partial charge in [-0.3, -0.25) is 9.78 Å². The van der Waals surface area contributed by atoms with E-state index in [0.29, 0.717) is 17.0 Å². The maximum absolute atomic E-state index is 12.8. The van der Waals surface area contributed by atoms with Crippen LogP contribution in [0.25, 0.3) is 0 Å². The van der Waals surface area contributed by atoms with Crippen LogP contribution in [-0.4, -0.2) is 35.1 Å². The van der Waals surface area contributed by atoms with E-state index in [1.54, 1.807) is 31.6 Å². The van der Waals surface area contributed by atoms with Gasteiger partial charge in [-0.05, 0) is 63.4 Å². The molecule has 0 fully saturated rings. The van der Waals surface area contributed by atoms with Crippen molar-refractivity contribution in [1.82, 2.24) is 10.3 Å². The van der Waals surface area contributed by atoms with Crippen LogP contribution in [0.1, 0.15) is 43.1 Å². The fraction of sp³-hybridized carbons (Fsp3) is 0.381. The van der Waals surface area contributed by atoms with Crippen LogP contribution < -0.4 is 15.4 Å². The molecule has 2 amide bonds. The third kappa shape index (κ3) is 5.63. The molecule has 1 aromatic heterocycles. The minimum Gasteiger partial charge on any atom is -0.496 e. The molecule has 29 heavy (non-hydrogen) atoms. The number of benzene rings is 1. The Kier molecular flexibility index (Phi) is 6.32. The molecule has 0 spiro atoms. The van der Waals surface area contributed by atoms with Crippen molar-refractivity contribution in [1.29, 1.82) is 0 Å². The molecule has 1 aliphatic rings. The number of thioether (sulfide) groups is 1. The number of aromatic nitrogens is 1. The maximum atomic E-state index is 12.8. The van der Waals surface area contributed by atoms with Gasteiger partial charge in [-0.2, -0.15) is 0 Å². The molecule has 7 nitrogen and oxygen atoms in total. The molecule has 0 saturated carbocycles. The Balaban J connectivity index is 1.76. The molecule has 0 bridgehead atoms. The Morgan fingerprint density at radius 3 is 2.59 bits per heavy atom. The van der Waals surface area contributed by atoms with Crippen LogP contribution in [0.4, 0.5) is 10.5 Å². The number of rotatable bonds is 4. The van der Waals surface area contributed by atoms with Crippen LogP contribution in [0.2, 0.25) is 0 Å². The van der Waals surface area contributed by atoms with Gasteiger partial charge in [-0.15, -0.1) is 11.8 Å². The Morgan fingerprint density at radius 1 is 1.21 bits per heavy atom. The summed E-state index contributed by atoms with van der Waals surface area (Å²) in [5.74, 6) is 0.258. The standard InChI is InChI=1S/C21H25N3O4S/c1-21(2,3)28-20(26)24-18-6-5-13-11-16(27-4)15(12-17(13)29-18)19(25)23-14-7-9-22-10-8-14/h7-12,18H,5-6H2,1-4H3,(H,24,26)(H,22,23,25). The summed E-state index contributed by atoms with van der Waals surface area (Å²) in [5.41, 5.74) is 1.64. The smallest absolute Gasteiger partial charge is 0.408 e. The number of hydrogen-bond donors (Lipinski definition) is 2. The van der Waals surface area contributed by atoms with Crippen LogP contribution in [-0.2, 0) is 11.2 Å². The van der Waals surface area contributed by atoms with E-state index in [9.17, 15) is 9.59 Å². The highest BCUT2D eigenvalue weighted by atomic mass is 32.2. The normalized spacial score (nSPS) is 15.8. The minimum absolute atomic E-state index is 0.123. The number of hydrogen-bond acceptors (Lipinski definition) is 6. The number of carbonyl (C=O) groups excluding carboxylic acids is 2. The summed E-state index contributed by atoms with van der Waals surface area (Å²) in [6.45, 7) is 5.49. The van der Waals surface area contributed by atoms with Gasteiger partial charge in [0, 0.05) is 23.0 Å². The molecule has 0 aliphatic carbocycles. The summed E-state index contributed by atoms with van der Waals surface area (Å²) < 4.78 is 10.8. The molecule has 0 saturated heterocycles. The molecular weight excluding hydrogens is 390 g/mol. The third-order valence-corrected chi connectivity index (χ3v) is 5.46. The molecule has 8 heteroatoms. The number of amides is 2. The lowest BCUT2D eigenvalue weighted by Gasteiger charge is -2.27. The second-order valence-electron chi connectivity index (χ2n) is 7.64. The summed E-state index contributed by atoms with van der Waals surface area (Å²) >= 11 is 1.51. The second kappa shape index (κ2) is 8.73. The number of ether oxygens (including phenoxy) is 2. The number of alkyl carbamates (subject to hydrolysis) is 1. The zero-order valence-corrected chi connectivity index (χ0v) is 17.8. The largest absolute Gasteiger partial charge is 0.496 e. The van der Waals surface area contributed by atoms with E-state index in [1.165, 1.54) is 11.8 Å². The van der Waals surface area contributed by atoms with E-state index in [1.807, 2.05) is 32.9 Å². The van der Waals surface area contributed by atoms with Crippen LogP contribution in [0.15, 0.2) is 41.6 Å². The number of carbonyl (C=O) groups is 2. The molecule has 0 radical (unpaired) electrons. The molecular formula is C21H25N3O4S. The number of pyridine rings is 1. The van der Waals surface area contributed by atoms with Crippen LogP contribution in [0.5, 0.6) is 5.75 Å². The quantitative estimate of drug-likeness (QED) is 0.777. The topological polar surface area (TPSA) is 89.5 Å². The van der Waals surface area contributed by atoms with Gasteiger partial charge in [0.15, 0.2) is 0 Å². The molecule has 1 aromatic carbocycles. The summed E-state index contributed by atoms with van der Waals surface area (Å²) in [4.78, 5) is 29.8. The van der Waals surface area contributed by atoms with E-state index >= 15 is 0 Å². The van der Waals surface area contributed by atoms with Gasteiger partial charge in [0.1, 0.15) is 11.4 Å². The van der Waals surface area contributed by atoms with Gasteiger partial charge < -0.3 is 20.1 Å². The van der Waals surface area contributed by atoms with Gasteiger partial charge >= 0.3 is 6.09 Å². The minimum atomic E-state index is -0.549. The van der Waals surface area contributed by atoms with E-state index in [2.05, 4.69) is 15.6 Å². The van der Waals surface area contributed by atoms with Gasteiger partial charge in [0.05, 0.1) is 18.0 Å². The van der Waals surface area contributed by atoms with Gasteiger partial charge in [0.2, 0.25) is 0 Å². The predicted octanol–water partition coefficient (Wildman–Crippen LogP) is 4.23. The Labute approximate surface area is 174 Å². The lowest BCUT2D eigenvalue weighted by atomic mass is 10.0. The molecule has 2 heterocycles. The first-order valence-electron chi connectivity index (χ1n) is 9.33. The van der Waals surface area contributed by atoms with Crippen molar-refractivity contribution in [2.24, 2.45) is 0 Å². The Bertz CT molecular complexity index is 897. The van der Waals surface area contributed by atoms with Crippen molar-refractivity contribution in [3.05, 3.63) is 47.8 Å². The van der Waals surface area contributed by atoms with Crippen molar-refractivity contribution < 1.29 is 19.1 Å². The van der Waals surface area contributed by atoms with Gasteiger partial charge in [-0.25, -0.2) is 4.79 Å². The van der Waals surface area contributed by atoms with Crippen LogP contribution in [0, 0.1) is 0 Å². The molecule has 2 N–H and O–H groups in total. The van der Waals surface area contributed by atoms with Crippen molar-refractivity contribution in [3.8, 4) is 5.75 Å². The number of aryl methyl sites for hydroxylation is 1. The number of nitrogens with zero attached hydrogens (tertiary/aromatic N) is 1. The van der Waals surface area contributed by atoms with E-state index in [4.69, 9.17) is 9.47 Å². The van der Waals surface area contributed by atoms with Crippen molar-refractivity contribution in [2.45, 2.75) is 49.5 Å². The van der Waals surface area contributed by atoms with Gasteiger partial charge in [-0.1, -0.05) is 0 Å². The first kappa shape index (κ1) is 21.0. The van der Waals surface area contributed by atoms with Crippen LogP contribution in [0.3, 0.4) is 0 Å². The lowest BCUT2D eigenvalue weighted by molar-refractivity contribution is 0.0520. The summed E-state index contributed by atoms with van der Waals surface area (Å²) in [7, 11) is 1.55. The van der Waals surface area contributed by atoms with Crippen molar-refractivity contribution in [3.63, 3.8) is 0 Å². The highest BCUT2D eigenvalue weighted by Gasteiger charge is 2.26. The Hall–Kier alpha value is -2.74. The molecule has 154 valence electrons. The fourth-order valence-electron chi connectivity index (χ4n) is 2.93. The number of methoxy groups -OCH3 is 1. The molecule has 1 aliphatic heterocycles. The van der Waals surface area contributed by atoms with Crippen LogP contribution >= 0.6 is 11.8 Å². The highest BCUT2D eigenvalue weighted by molar-refractivity contribution is 8.00. The molecule has 3 rings (SSSR count). The zero-order valence-electron chi connectivity index (χ0n) is 16.9. The van der Waals surface area contributed by atoms with E-state index in [0.717, 1.165) is 23.3 Å². The third-order valence-electron chi connectivity index (χ3n) is 4.19. The molecule has 2 aromatic rings. The van der Waals surface area contributed by atoms with Gasteiger partial charge in [0.25, 0.3) is 5.91 Å². The average Bonchev–Trinajstić information content (AvgIpc) is 2.66. The SMILES string of the molecule is COc1cc2c(cc1C(=O)Nc1ccncc1)SC(NC(=O)OC(C)(C)C)CC2. The fourth-order valence-corrected chi connectivity index (χ4v) is 4.12. The Morgan fingerprint density at radius 2 is 1.93 bits per heavy atom. The first-order valence-corrected chi connectivity index (χ1v) is 10.2. The lowest BCUT2D eigenvalue weighted by Crippen LogP contribution is -2.38. The molecule has 1 atom stereocenters. The van der Waals surface area contributed by atoms with E-state index < -0.39 is 11.7 Å². The van der Waals surface area contributed by atoms with Crippen molar-refractivity contribution in [2.75, 3.05) is 12.4 Å². The van der Waals surface area contributed by atoms with Crippen molar-refractivity contribution >= 4 is 29.4 Å². The summed E-state index contributed by atoms with van der Waals surface area (Å²) in [6.07, 6.45) is 4.32. The number of anilines is 1. The zero-order chi connectivity index (χ0) is 21.0. The average molecular weight is 416 g/mol. The summed E-state index contributed by atoms with van der Waals surface area (Å²) in [6, 6.07) is 7.16. The highest BCUT2D eigenvalue weighted by Crippen LogP contribution is 2.38. The summed E-state index contributed by atoms with van der Waals surface area (Å²) in [5, 5.41) is 5.62. The maximum Gasteiger partial charge on any atom is 0.408 e. The first-order chi connectivity index (χ1) is 13.7. The number of nitrogens with one attached hydrogen (secondary N) is 2. The second-order valence-corrected chi connectivity index (χ2v) is 8.89.